The Morgan fingerprint density at radius 2 is 1.30 bits per heavy atom. The van der Waals surface area contributed by atoms with E-state index in [4.69, 9.17) is 18.9 Å². The maximum Gasteiger partial charge on any atom is 0.189 e. The Morgan fingerprint density at radius 3 is 1.92 bits per heavy atom. The molecule has 0 aliphatic heterocycles. The van der Waals surface area contributed by atoms with Gasteiger partial charge in [0.2, 0.25) is 0 Å². The van der Waals surface area contributed by atoms with E-state index in [0.29, 0.717) is 48.4 Å². The lowest BCUT2D eigenvalue weighted by Gasteiger charge is -2.13. The van der Waals surface area contributed by atoms with E-state index in [2.05, 4.69) is 0 Å². The predicted molar refractivity (Wildman–Crippen MR) is 146 cm³/mol. The highest BCUT2D eigenvalue weighted by molar-refractivity contribution is 6.08. The van der Waals surface area contributed by atoms with Gasteiger partial charge in [0.15, 0.2) is 5.78 Å². The zero-order valence-corrected chi connectivity index (χ0v) is 21.1. The van der Waals surface area contributed by atoms with E-state index in [1.165, 1.54) is 6.08 Å². The summed E-state index contributed by atoms with van der Waals surface area (Å²) in [7, 11) is 1.61. The van der Waals surface area contributed by atoms with Crippen molar-refractivity contribution in [3.8, 4) is 23.0 Å². The van der Waals surface area contributed by atoms with E-state index in [-0.39, 0.29) is 5.78 Å². The minimum absolute atomic E-state index is 0.184. The second kappa shape index (κ2) is 13.0. The molecule has 0 unspecified atom stereocenters. The summed E-state index contributed by atoms with van der Waals surface area (Å²) < 4.78 is 23.1. The number of carbonyl (C=O) groups excluding carboxylic acids is 1. The Morgan fingerprint density at radius 1 is 0.703 bits per heavy atom. The maximum atomic E-state index is 13.3. The van der Waals surface area contributed by atoms with Crippen LogP contribution in [0.15, 0.2) is 103 Å². The molecular formula is C32H30O5. The van der Waals surface area contributed by atoms with Crippen molar-refractivity contribution in [1.29, 1.82) is 0 Å². The molecule has 0 saturated carbocycles. The monoisotopic (exact) mass is 494 g/mol. The topological polar surface area (TPSA) is 54.0 Å². The first-order valence-corrected chi connectivity index (χ1v) is 12.2. The van der Waals surface area contributed by atoms with Gasteiger partial charge in [0.1, 0.15) is 36.2 Å². The Labute approximate surface area is 217 Å². The molecule has 0 N–H and O–H groups in total. The first kappa shape index (κ1) is 25.6. The number of rotatable bonds is 12. The van der Waals surface area contributed by atoms with E-state index < -0.39 is 0 Å². The van der Waals surface area contributed by atoms with Crippen LogP contribution in [0, 0.1) is 0 Å². The van der Waals surface area contributed by atoms with Gasteiger partial charge in [-0.15, -0.1) is 0 Å². The molecule has 188 valence electrons. The molecule has 5 heteroatoms. The third kappa shape index (κ3) is 7.24. The fourth-order valence-electron chi connectivity index (χ4n) is 3.71. The van der Waals surface area contributed by atoms with Crippen LogP contribution in [0.3, 0.4) is 0 Å². The maximum absolute atomic E-state index is 13.3. The molecule has 4 rings (SSSR count). The van der Waals surface area contributed by atoms with Crippen molar-refractivity contribution in [3.63, 3.8) is 0 Å². The van der Waals surface area contributed by atoms with Crippen molar-refractivity contribution in [2.24, 2.45) is 0 Å². The SMILES string of the molecule is CCOc1ccc(C(=O)C=Cc2ccc(OC)cc2OCc2ccccc2)c(OCc2ccccc2)c1. The largest absolute Gasteiger partial charge is 0.497 e. The van der Waals surface area contributed by atoms with Gasteiger partial charge in [0, 0.05) is 17.7 Å². The molecule has 0 atom stereocenters. The number of benzene rings is 4. The summed E-state index contributed by atoms with van der Waals surface area (Å²) in [6.45, 7) is 3.18. The summed E-state index contributed by atoms with van der Waals surface area (Å²) in [6, 6.07) is 30.5. The summed E-state index contributed by atoms with van der Waals surface area (Å²) in [6.07, 6.45) is 3.28. The second-order valence-electron chi connectivity index (χ2n) is 8.24. The van der Waals surface area contributed by atoms with Gasteiger partial charge in [-0.25, -0.2) is 0 Å². The summed E-state index contributed by atoms with van der Waals surface area (Å²) in [4.78, 5) is 13.3. The lowest BCUT2D eigenvalue weighted by Crippen LogP contribution is -2.04. The fourth-order valence-corrected chi connectivity index (χ4v) is 3.71. The van der Waals surface area contributed by atoms with Crippen molar-refractivity contribution in [2.45, 2.75) is 20.1 Å². The smallest absolute Gasteiger partial charge is 0.189 e. The van der Waals surface area contributed by atoms with Crippen LogP contribution in [-0.4, -0.2) is 19.5 Å². The normalized spacial score (nSPS) is 10.8. The number of allylic oxidation sites excluding steroid dienone is 1. The van der Waals surface area contributed by atoms with Gasteiger partial charge in [0.05, 0.1) is 19.3 Å². The molecule has 0 saturated heterocycles. The van der Waals surface area contributed by atoms with Crippen molar-refractivity contribution in [2.75, 3.05) is 13.7 Å². The molecule has 0 aromatic heterocycles. The Balaban J connectivity index is 1.55. The number of hydrogen-bond donors (Lipinski definition) is 0. The van der Waals surface area contributed by atoms with Crippen LogP contribution < -0.4 is 18.9 Å². The third-order valence-corrected chi connectivity index (χ3v) is 5.64. The number of ketones is 1. The average Bonchev–Trinajstić information content (AvgIpc) is 2.95. The van der Waals surface area contributed by atoms with Gasteiger partial charge >= 0.3 is 0 Å². The van der Waals surface area contributed by atoms with Gasteiger partial charge in [0.25, 0.3) is 0 Å². The highest BCUT2D eigenvalue weighted by Gasteiger charge is 2.13. The Kier molecular flexibility index (Phi) is 8.97. The molecule has 4 aromatic carbocycles. The molecule has 5 nitrogen and oxygen atoms in total. The molecule has 0 fully saturated rings. The molecule has 0 amide bonds. The second-order valence-corrected chi connectivity index (χ2v) is 8.24. The summed E-state index contributed by atoms with van der Waals surface area (Å²) in [5.74, 6) is 2.24. The highest BCUT2D eigenvalue weighted by atomic mass is 16.5. The van der Waals surface area contributed by atoms with Crippen LogP contribution in [0.1, 0.15) is 34.0 Å². The van der Waals surface area contributed by atoms with Gasteiger partial charge < -0.3 is 18.9 Å². The number of carbonyl (C=O) groups is 1. The van der Waals surface area contributed by atoms with Gasteiger partial charge in [-0.05, 0) is 54.5 Å². The highest BCUT2D eigenvalue weighted by Crippen LogP contribution is 2.29. The Bertz CT molecular complexity index is 1330. The first-order chi connectivity index (χ1) is 18.2. The number of methoxy groups -OCH3 is 1. The number of hydrogen-bond acceptors (Lipinski definition) is 5. The third-order valence-electron chi connectivity index (χ3n) is 5.64. The molecule has 0 radical (unpaired) electrons. The minimum Gasteiger partial charge on any atom is -0.497 e. The van der Waals surface area contributed by atoms with E-state index in [9.17, 15) is 4.79 Å². The van der Waals surface area contributed by atoms with E-state index >= 15 is 0 Å². The van der Waals surface area contributed by atoms with Gasteiger partial charge in [-0.2, -0.15) is 0 Å². The molecule has 37 heavy (non-hydrogen) atoms. The lowest BCUT2D eigenvalue weighted by atomic mass is 10.1. The molecule has 0 aliphatic rings. The first-order valence-electron chi connectivity index (χ1n) is 12.2. The van der Waals surface area contributed by atoms with Crippen molar-refractivity contribution in [3.05, 3.63) is 125 Å². The van der Waals surface area contributed by atoms with Crippen molar-refractivity contribution in [1.82, 2.24) is 0 Å². The van der Waals surface area contributed by atoms with Crippen molar-refractivity contribution < 1.29 is 23.7 Å². The fraction of sp³-hybridized carbons (Fsp3) is 0.156. The van der Waals surface area contributed by atoms with Crippen LogP contribution in [0.25, 0.3) is 6.08 Å². The molecule has 0 aliphatic carbocycles. The van der Waals surface area contributed by atoms with Crippen molar-refractivity contribution >= 4 is 11.9 Å². The average molecular weight is 495 g/mol. The summed E-state index contributed by atoms with van der Waals surface area (Å²) in [5.41, 5.74) is 3.28. The number of ether oxygens (including phenoxy) is 4. The summed E-state index contributed by atoms with van der Waals surface area (Å²) >= 11 is 0. The predicted octanol–water partition coefficient (Wildman–Crippen LogP) is 7.15. The van der Waals surface area contributed by atoms with Crippen LogP contribution in [0.4, 0.5) is 0 Å². The summed E-state index contributed by atoms with van der Waals surface area (Å²) in [5, 5.41) is 0. The van der Waals surface area contributed by atoms with E-state index in [0.717, 1.165) is 16.7 Å². The van der Waals surface area contributed by atoms with Gasteiger partial charge in [-0.3, -0.25) is 4.79 Å². The van der Waals surface area contributed by atoms with Gasteiger partial charge in [-0.1, -0.05) is 60.7 Å². The zero-order chi connectivity index (χ0) is 25.9. The molecule has 0 heterocycles. The lowest BCUT2D eigenvalue weighted by molar-refractivity contribution is 0.104. The standard InChI is InChI=1S/C32H30O5/c1-3-35-28-17-18-29(32(21-28)37-23-25-12-8-5-9-13-25)30(33)19-15-26-14-16-27(34-2)20-31(26)36-22-24-10-6-4-7-11-24/h4-21H,3,22-23H2,1-2H3. The zero-order valence-electron chi connectivity index (χ0n) is 21.1. The molecule has 4 aromatic rings. The van der Waals surface area contributed by atoms with Crippen LogP contribution in [-0.2, 0) is 13.2 Å². The minimum atomic E-state index is -0.184. The van der Waals surface area contributed by atoms with Crippen LogP contribution >= 0.6 is 0 Å². The van der Waals surface area contributed by atoms with E-state index in [1.807, 2.05) is 85.8 Å². The molecular weight excluding hydrogens is 464 g/mol. The molecule has 0 spiro atoms. The van der Waals surface area contributed by atoms with Crippen LogP contribution in [0.5, 0.6) is 23.0 Å². The quantitative estimate of drug-likeness (QED) is 0.155. The molecule has 0 bridgehead atoms. The van der Waals surface area contributed by atoms with E-state index in [1.54, 1.807) is 31.4 Å². The Hall–Kier alpha value is -4.51. The van der Waals surface area contributed by atoms with Crippen LogP contribution in [0.2, 0.25) is 0 Å².